The van der Waals surface area contributed by atoms with Gasteiger partial charge >= 0.3 is 0 Å². The molecule has 27 heavy (non-hydrogen) atoms. The van der Waals surface area contributed by atoms with Crippen molar-refractivity contribution in [3.05, 3.63) is 66.6 Å². The fourth-order valence-corrected chi connectivity index (χ4v) is 3.56. The van der Waals surface area contributed by atoms with Gasteiger partial charge in [-0.2, -0.15) is 0 Å². The van der Waals surface area contributed by atoms with Crippen LogP contribution in [0.15, 0.2) is 64.1 Å². The summed E-state index contributed by atoms with van der Waals surface area (Å²) < 4.78 is 10.9. The van der Waals surface area contributed by atoms with Gasteiger partial charge in [-0.1, -0.05) is 18.6 Å². The zero-order valence-electron chi connectivity index (χ0n) is 15.1. The van der Waals surface area contributed by atoms with Crippen molar-refractivity contribution < 1.29 is 13.6 Å². The van der Waals surface area contributed by atoms with E-state index >= 15 is 0 Å². The van der Waals surface area contributed by atoms with Crippen LogP contribution in [-0.4, -0.2) is 35.4 Å². The zero-order chi connectivity index (χ0) is 18.5. The molecule has 1 aromatic carbocycles. The number of piperidine rings is 1. The SMILES string of the molecule is O=C(NCC(c1ccco1)N1CCCCC1)c1ccc(-c2cnco2)cc1. The van der Waals surface area contributed by atoms with E-state index in [1.807, 2.05) is 24.3 Å². The number of hydrogen-bond acceptors (Lipinski definition) is 5. The summed E-state index contributed by atoms with van der Waals surface area (Å²) in [5, 5.41) is 3.06. The standard InChI is InChI=1S/C21H23N3O3/c25-21(17-8-6-16(7-9-17)20-14-22-15-27-20)23-13-18(19-5-4-12-26-19)24-10-2-1-3-11-24/h4-9,12,14-15,18H,1-3,10-11,13H2,(H,23,25). The Morgan fingerprint density at radius 1 is 1.11 bits per heavy atom. The number of aromatic nitrogens is 1. The van der Waals surface area contributed by atoms with E-state index in [0.29, 0.717) is 17.9 Å². The Bertz CT molecular complexity index is 835. The molecular formula is C21H23N3O3. The number of carbonyl (C=O) groups excluding carboxylic acids is 1. The molecule has 0 bridgehead atoms. The van der Waals surface area contributed by atoms with Crippen molar-refractivity contribution in [3.63, 3.8) is 0 Å². The van der Waals surface area contributed by atoms with E-state index in [1.54, 1.807) is 24.6 Å². The van der Waals surface area contributed by atoms with Crippen LogP contribution in [0, 0.1) is 0 Å². The Morgan fingerprint density at radius 3 is 2.59 bits per heavy atom. The molecule has 0 spiro atoms. The number of likely N-dealkylation sites (tertiary alicyclic amines) is 1. The van der Waals surface area contributed by atoms with Crippen molar-refractivity contribution in [2.75, 3.05) is 19.6 Å². The molecule has 4 rings (SSSR count). The number of oxazole rings is 1. The highest BCUT2D eigenvalue weighted by molar-refractivity contribution is 5.94. The van der Waals surface area contributed by atoms with Crippen molar-refractivity contribution in [3.8, 4) is 11.3 Å². The van der Waals surface area contributed by atoms with Gasteiger partial charge in [0.1, 0.15) is 5.76 Å². The van der Waals surface area contributed by atoms with Crippen LogP contribution in [0.5, 0.6) is 0 Å². The molecule has 1 saturated heterocycles. The number of benzene rings is 1. The molecule has 3 heterocycles. The van der Waals surface area contributed by atoms with E-state index in [-0.39, 0.29) is 11.9 Å². The summed E-state index contributed by atoms with van der Waals surface area (Å²) in [6, 6.07) is 11.3. The third-order valence-corrected chi connectivity index (χ3v) is 5.02. The molecule has 6 heteroatoms. The Labute approximate surface area is 158 Å². The Kier molecular flexibility index (Phi) is 5.34. The van der Waals surface area contributed by atoms with Gasteiger partial charge in [-0.25, -0.2) is 4.98 Å². The van der Waals surface area contributed by atoms with Gasteiger partial charge in [0.25, 0.3) is 5.91 Å². The second-order valence-corrected chi connectivity index (χ2v) is 6.78. The lowest BCUT2D eigenvalue weighted by molar-refractivity contribution is 0.0914. The van der Waals surface area contributed by atoms with Crippen LogP contribution >= 0.6 is 0 Å². The summed E-state index contributed by atoms with van der Waals surface area (Å²) in [6.45, 7) is 2.59. The largest absolute Gasteiger partial charge is 0.468 e. The Balaban J connectivity index is 1.41. The molecule has 1 N–H and O–H groups in total. The maximum Gasteiger partial charge on any atom is 0.251 e. The summed E-state index contributed by atoms with van der Waals surface area (Å²) in [7, 11) is 0. The van der Waals surface area contributed by atoms with Gasteiger partial charge in [-0.3, -0.25) is 9.69 Å². The summed E-state index contributed by atoms with van der Waals surface area (Å²) in [5.74, 6) is 1.50. The van der Waals surface area contributed by atoms with E-state index in [1.165, 1.54) is 25.7 Å². The molecule has 2 aromatic heterocycles. The number of furan rings is 1. The minimum Gasteiger partial charge on any atom is -0.468 e. The number of hydrogen-bond donors (Lipinski definition) is 1. The van der Waals surface area contributed by atoms with Gasteiger partial charge in [0.05, 0.1) is 18.5 Å². The molecule has 140 valence electrons. The molecule has 1 unspecified atom stereocenters. The Morgan fingerprint density at radius 2 is 1.93 bits per heavy atom. The molecule has 0 aliphatic carbocycles. The first kappa shape index (κ1) is 17.5. The molecular weight excluding hydrogens is 342 g/mol. The Hall–Kier alpha value is -2.86. The van der Waals surface area contributed by atoms with Crippen molar-refractivity contribution >= 4 is 5.91 Å². The molecule has 1 aliphatic rings. The predicted molar refractivity (Wildman–Crippen MR) is 101 cm³/mol. The van der Waals surface area contributed by atoms with E-state index in [2.05, 4.69) is 15.2 Å². The van der Waals surface area contributed by atoms with Gasteiger partial charge < -0.3 is 14.2 Å². The number of nitrogens with one attached hydrogen (secondary N) is 1. The molecule has 1 aliphatic heterocycles. The highest BCUT2D eigenvalue weighted by atomic mass is 16.3. The minimum absolute atomic E-state index is 0.0673. The molecule has 0 radical (unpaired) electrons. The van der Waals surface area contributed by atoms with E-state index in [9.17, 15) is 4.79 Å². The van der Waals surface area contributed by atoms with Gasteiger partial charge in [-0.05, 0) is 50.2 Å². The van der Waals surface area contributed by atoms with Crippen LogP contribution in [0.4, 0.5) is 0 Å². The molecule has 3 aromatic rings. The number of carbonyl (C=O) groups is 1. The minimum atomic E-state index is -0.0901. The normalized spacial score (nSPS) is 16.1. The van der Waals surface area contributed by atoms with Crippen LogP contribution in [-0.2, 0) is 0 Å². The molecule has 6 nitrogen and oxygen atoms in total. The van der Waals surface area contributed by atoms with Gasteiger partial charge in [0.2, 0.25) is 0 Å². The summed E-state index contributed by atoms with van der Waals surface area (Å²) in [4.78, 5) is 18.9. The fraction of sp³-hybridized carbons (Fsp3) is 0.333. The first-order valence-corrected chi connectivity index (χ1v) is 9.36. The first-order chi connectivity index (χ1) is 13.3. The van der Waals surface area contributed by atoms with Crippen LogP contribution in [0.25, 0.3) is 11.3 Å². The average Bonchev–Trinajstić information content (AvgIpc) is 3.43. The number of amides is 1. The van der Waals surface area contributed by atoms with E-state index in [0.717, 1.165) is 24.4 Å². The third kappa shape index (κ3) is 4.11. The highest BCUT2D eigenvalue weighted by Gasteiger charge is 2.25. The molecule has 1 fully saturated rings. The van der Waals surface area contributed by atoms with Crippen molar-refractivity contribution in [1.82, 2.24) is 15.2 Å². The molecule has 1 amide bonds. The van der Waals surface area contributed by atoms with Crippen LogP contribution in [0.3, 0.4) is 0 Å². The lowest BCUT2D eigenvalue weighted by atomic mass is 10.1. The maximum absolute atomic E-state index is 12.6. The van der Waals surface area contributed by atoms with Crippen molar-refractivity contribution in [2.45, 2.75) is 25.3 Å². The number of rotatable bonds is 6. The second kappa shape index (κ2) is 8.22. The van der Waals surface area contributed by atoms with Crippen LogP contribution in [0.1, 0.15) is 41.4 Å². The summed E-state index contributed by atoms with van der Waals surface area (Å²) >= 11 is 0. The van der Waals surface area contributed by atoms with E-state index < -0.39 is 0 Å². The lowest BCUT2D eigenvalue weighted by Gasteiger charge is -2.33. The summed E-state index contributed by atoms with van der Waals surface area (Å²) in [6.07, 6.45) is 8.39. The first-order valence-electron chi connectivity index (χ1n) is 9.36. The maximum atomic E-state index is 12.6. The average molecular weight is 365 g/mol. The third-order valence-electron chi connectivity index (χ3n) is 5.02. The van der Waals surface area contributed by atoms with Crippen LogP contribution < -0.4 is 5.32 Å². The quantitative estimate of drug-likeness (QED) is 0.717. The summed E-state index contributed by atoms with van der Waals surface area (Å²) in [5.41, 5.74) is 1.51. The lowest BCUT2D eigenvalue weighted by Crippen LogP contribution is -2.40. The highest BCUT2D eigenvalue weighted by Crippen LogP contribution is 2.25. The molecule has 0 saturated carbocycles. The van der Waals surface area contributed by atoms with Crippen molar-refractivity contribution in [2.24, 2.45) is 0 Å². The number of nitrogens with zero attached hydrogens (tertiary/aromatic N) is 2. The zero-order valence-corrected chi connectivity index (χ0v) is 15.1. The van der Waals surface area contributed by atoms with Gasteiger partial charge in [0, 0.05) is 17.7 Å². The fourth-order valence-electron chi connectivity index (χ4n) is 3.56. The molecule has 1 atom stereocenters. The topological polar surface area (TPSA) is 71.5 Å². The van der Waals surface area contributed by atoms with Crippen LogP contribution in [0.2, 0.25) is 0 Å². The van der Waals surface area contributed by atoms with Gasteiger partial charge in [0.15, 0.2) is 12.2 Å². The van der Waals surface area contributed by atoms with Gasteiger partial charge in [-0.15, -0.1) is 0 Å². The predicted octanol–water partition coefficient (Wildman–Crippen LogP) is 3.89. The second-order valence-electron chi connectivity index (χ2n) is 6.78. The van der Waals surface area contributed by atoms with E-state index in [4.69, 9.17) is 8.83 Å². The van der Waals surface area contributed by atoms with Crippen molar-refractivity contribution in [1.29, 1.82) is 0 Å². The smallest absolute Gasteiger partial charge is 0.251 e. The monoisotopic (exact) mass is 365 g/mol.